The van der Waals surface area contributed by atoms with Crippen LogP contribution in [0.15, 0.2) is 27.4 Å². The second kappa shape index (κ2) is 4.75. The Labute approximate surface area is 100 Å². The van der Waals surface area contributed by atoms with Crippen LogP contribution in [0.4, 0.5) is 0 Å². The molecule has 0 aliphatic heterocycles. The molecule has 0 saturated heterocycles. The maximum absolute atomic E-state index is 11.1. The van der Waals surface area contributed by atoms with Crippen LogP contribution in [0.3, 0.4) is 0 Å². The summed E-state index contributed by atoms with van der Waals surface area (Å²) in [4.78, 5) is 13.8. The lowest BCUT2D eigenvalue weighted by atomic mass is 9.88. The van der Waals surface area contributed by atoms with Gasteiger partial charge < -0.3 is 9.73 Å². The first kappa shape index (κ1) is 11.9. The summed E-state index contributed by atoms with van der Waals surface area (Å²) < 4.78 is 5.00. The van der Waals surface area contributed by atoms with Crippen molar-refractivity contribution in [1.29, 1.82) is 0 Å². The number of H-pyrrole nitrogens is 1. The largest absolute Gasteiger partial charge is 0.417 e. The zero-order valence-electron chi connectivity index (χ0n) is 10.4. The van der Waals surface area contributed by atoms with Gasteiger partial charge in [0.15, 0.2) is 5.58 Å². The van der Waals surface area contributed by atoms with Gasteiger partial charge in [-0.3, -0.25) is 4.98 Å². The third-order valence-electron chi connectivity index (χ3n) is 3.10. The number of fused-ring (bicyclic) bond motifs is 1. The second-order valence-electron chi connectivity index (χ2n) is 4.68. The van der Waals surface area contributed by atoms with Gasteiger partial charge in [0.2, 0.25) is 0 Å². The summed E-state index contributed by atoms with van der Waals surface area (Å²) in [6.07, 6.45) is 0. The molecule has 4 heteroatoms. The van der Waals surface area contributed by atoms with E-state index in [2.05, 4.69) is 24.1 Å². The molecule has 0 radical (unpaired) electrons. The van der Waals surface area contributed by atoms with Gasteiger partial charge in [0.25, 0.3) is 0 Å². The Morgan fingerprint density at radius 3 is 2.82 bits per heavy atom. The van der Waals surface area contributed by atoms with E-state index in [9.17, 15) is 4.79 Å². The van der Waals surface area contributed by atoms with Gasteiger partial charge in [0.05, 0.1) is 5.52 Å². The predicted octanol–water partition coefficient (Wildman–Crippen LogP) is 2.08. The summed E-state index contributed by atoms with van der Waals surface area (Å²) in [5, 5.41) is 3.21. The van der Waals surface area contributed by atoms with E-state index >= 15 is 0 Å². The number of aromatic nitrogens is 1. The van der Waals surface area contributed by atoms with Crippen molar-refractivity contribution < 1.29 is 4.42 Å². The zero-order valence-corrected chi connectivity index (χ0v) is 10.4. The topological polar surface area (TPSA) is 58.0 Å². The Kier molecular flexibility index (Phi) is 3.33. The SMILES string of the molecule is CNCC(c1ccc2oc(=O)[nH]c2c1)C(C)C. The number of rotatable bonds is 4. The molecule has 1 atom stereocenters. The van der Waals surface area contributed by atoms with Crippen LogP contribution in [-0.2, 0) is 0 Å². The molecule has 0 aliphatic carbocycles. The predicted molar refractivity (Wildman–Crippen MR) is 68.3 cm³/mol. The van der Waals surface area contributed by atoms with Crippen molar-refractivity contribution in [3.63, 3.8) is 0 Å². The summed E-state index contributed by atoms with van der Waals surface area (Å²) >= 11 is 0. The van der Waals surface area contributed by atoms with Gasteiger partial charge in [-0.1, -0.05) is 19.9 Å². The molecule has 0 saturated carbocycles. The molecule has 0 bridgehead atoms. The third kappa shape index (κ3) is 2.42. The van der Waals surface area contributed by atoms with E-state index in [0.29, 0.717) is 17.4 Å². The molecule has 0 fully saturated rings. The molecule has 1 aromatic carbocycles. The van der Waals surface area contributed by atoms with E-state index in [1.807, 2.05) is 25.2 Å². The van der Waals surface area contributed by atoms with Crippen LogP contribution in [0, 0.1) is 5.92 Å². The maximum atomic E-state index is 11.1. The highest BCUT2D eigenvalue weighted by Crippen LogP contribution is 2.25. The van der Waals surface area contributed by atoms with Crippen LogP contribution in [0.2, 0.25) is 0 Å². The molecular formula is C13H18N2O2. The summed E-state index contributed by atoms with van der Waals surface area (Å²) in [6.45, 7) is 5.32. The van der Waals surface area contributed by atoms with Crippen LogP contribution < -0.4 is 11.1 Å². The summed E-state index contributed by atoms with van der Waals surface area (Å²) in [5.41, 5.74) is 2.61. The smallest absolute Gasteiger partial charge is 0.408 e. The molecular weight excluding hydrogens is 216 g/mol. The molecule has 0 spiro atoms. The van der Waals surface area contributed by atoms with Crippen molar-refractivity contribution >= 4 is 11.1 Å². The number of aromatic amines is 1. The minimum absolute atomic E-state index is 0.396. The fourth-order valence-corrected chi connectivity index (χ4v) is 2.16. The van der Waals surface area contributed by atoms with Crippen LogP contribution in [-0.4, -0.2) is 18.6 Å². The third-order valence-corrected chi connectivity index (χ3v) is 3.10. The van der Waals surface area contributed by atoms with Crippen molar-refractivity contribution in [2.24, 2.45) is 5.92 Å². The quantitative estimate of drug-likeness (QED) is 0.851. The summed E-state index contributed by atoms with van der Waals surface area (Å²) in [6, 6.07) is 5.89. The molecule has 0 aliphatic rings. The van der Waals surface area contributed by atoms with Gasteiger partial charge in [0, 0.05) is 6.54 Å². The molecule has 92 valence electrons. The first-order valence-electron chi connectivity index (χ1n) is 5.89. The minimum Gasteiger partial charge on any atom is -0.408 e. The van der Waals surface area contributed by atoms with E-state index < -0.39 is 5.76 Å². The first-order chi connectivity index (χ1) is 8.11. The molecule has 2 rings (SSSR count). The molecule has 2 aromatic rings. The van der Waals surface area contributed by atoms with Gasteiger partial charge >= 0.3 is 5.76 Å². The number of hydrogen-bond donors (Lipinski definition) is 2. The van der Waals surface area contributed by atoms with Crippen molar-refractivity contribution in [2.45, 2.75) is 19.8 Å². The van der Waals surface area contributed by atoms with Crippen LogP contribution in [0.25, 0.3) is 11.1 Å². The molecule has 17 heavy (non-hydrogen) atoms. The van der Waals surface area contributed by atoms with Crippen molar-refractivity contribution in [3.8, 4) is 0 Å². The first-order valence-corrected chi connectivity index (χ1v) is 5.89. The normalized spacial score (nSPS) is 13.4. The van der Waals surface area contributed by atoms with E-state index in [1.165, 1.54) is 5.56 Å². The van der Waals surface area contributed by atoms with Crippen LogP contribution in [0.5, 0.6) is 0 Å². The summed E-state index contributed by atoms with van der Waals surface area (Å²) in [7, 11) is 1.95. The van der Waals surface area contributed by atoms with E-state index in [0.717, 1.165) is 12.1 Å². The van der Waals surface area contributed by atoms with E-state index in [1.54, 1.807) is 0 Å². The number of benzene rings is 1. The Hall–Kier alpha value is -1.55. The van der Waals surface area contributed by atoms with Crippen LogP contribution >= 0.6 is 0 Å². The lowest BCUT2D eigenvalue weighted by Crippen LogP contribution is -2.21. The van der Waals surface area contributed by atoms with E-state index in [-0.39, 0.29) is 0 Å². The Morgan fingerprint density at radius 2 is 2.18 bits per heavy atom. The average molecular weight is 234 g/mol. The number of likely N-dealkylation sites (N-methyl/N-ethyl adjacent to an activating group) is 1. The maximum Gasteiger partial charge on any atom is 0.417 e. The fourth-order valence-electron chi connectivity index (χ4n) is 2.16. The van der Waals surface area contributed by atoms with Gasteiger partial charge in [0.1, 0.15) is 0 Å². The second-order valence-corrected chi connectivity index (χ2v) is 4.68. The highest BCUT2D eigenvalue weighted by molar-refractivity contribution is 5.73. The number of oxazole rings is 1. The standard InChI is InChI=1S/C13H18N2O2/c1-8(2)10(7-14-3)9-4-5-12-11(6-9)15-13(16)17-12/h4-6,8,10,14H,7H2,1-3H3,(H,15,16). The van der Waals surface area contributed by atoms with Crippen molar-refractivity contribution in [1.82, 2.24) is 10.3 Å². The average Bonchev–Trinajstić information content (AvgIpc) is 2.64. The minimum atomic E-state index is -0.396. The monoisotopic (exact) mass is 234 g/mol. The van der Waals surface area contributed by atoms with Gasteiger partial charge in [-0.15, -0.1) is 0 Å². The molecule has 1 heterocycles. The molecule has 2 N–H and O–H groups in total. The zero-order chi connectivity index (χ0) is 12.4. The molecule has 1 unspecified atom stereocenters. The molecule has 4 nitrogen and oxygen atoms in total. The molecule has 0 amide bonds. The van der Waals surface area contributed by atoms with Gasteiger partial charge in [-0.25, -0.2) is 4.79 Å². The van der Waals surface area contributed by atoms with E-state index in [4.69, 9.17) is 4.42 Å². The molecule has 1 aromatic heterocycles. The lowest BCUT2D eigenvalue weighted by molar-refractivity contribution is 0.478. The Balaban J connectivity index is 2.42. The fraction of sp³-hybridized carbons (Fsp3) is 0.462. The summed E-state index contributed by atoms with van der Waals surface area (Å²) in [5.74, 6) is 0.577. The Bertz CT molecular complexity index is 554. The van der Waals surface area contributed by atoms with Gasteiger partial charge in [-0.05, 0) is 36.6 Å². The lowest BCUT2D eigenvalue weighted by Gasteiger charge is -2.20. The van der Waals surface area contributed by atoms with Crippen molar-refractivity contribution in [3.05, 3.63) is 34.3 Å². The highest BCUT2D eigenvalue weighted by Gasteiger charge is 2.16. The highest BCUT2D eigenvalue weighted by atomic mass is 16.4. The number of nitrogens with one attached hydrogen (secondary N) is 2. The van der Waals surface area contributed by atoms with Gasteiger partial charge in [-0.2, -0.15) is 0 Å². The number of hydrogen-bond acceptors (Lipinski definition) is 3. The Morgan fingerprint density at radius 1 is 1.41 bits per heavy atom. The van der Waals surface area contributed by atoms with Crippen LogP contribution in [0.1, 0.15) is 25.3 Å². The van der Waals surface area contributed by atoms with Crippen molar-refractivity contribution in [2.75, 3.05) is 13.6 Å².